The number of benzene rings is 1. The lowest BCUT2D eigenvalue weighted by atomic mass is 9.87. The van der Waals surface area contributed by atoms with E-state index in [1.54, 1.807) is 0 Å². The Kier molecular flexibility index (Phi) is 2.42. The van der Waals surface area contributed by atoms with Gasteiger partial charge in [-0.2, -0.15) is 8.42 Å². The highest BCUT2D eigenvalue weighted by Gasteiger charge is 2.54. The lowest BCUT2D eigenvalue weighted by Crippen LogP contribution is -2.51. The van der Waals surface area contributed by atoms with E-state index in [9.17, 15) is 23.1 Å². The number of hydrogen-bond donors (Lipinski definition) is 2. The normalized spacial score (nSPS) is 24.6. The Morgan fingerprint density at radius 2 is 1.65 bits per heavy atom. The van der Waals surface area contributed by atoms with Crippen LogP contribution in [0.3, 0.4) is 0 Å². The molecule has 0 spiro atoms. The van der Waals surface area contributed by atoms with E-state index >= 15 is 0 Å². The number of rotatable bonds is 1. The zero-order valence-corrected chi connectivity index (χ0v) is 9.27. The third kappa shape index (κ3) is 1.59. The van der Waals surface area contributed by atoms with Crippen molar-refractivity contribution in [2.75, 3.05) is 0 Å². The molecule has 6 nitrogen and oxygen atoms in total. The predicted octanol–water partition coefficient (Wildman–Crippen LogP) is 0.0321. The van der Waals surface area contributed by atoms with Crippen LogP contribution in [0.15, 0.2) is 24.3 Å². The van der Waals surface area contributed by atoms with Gasteiger partial charge in [-0.05, 0) is 0 Å². The van der Waals surface area contributed by atoms with Crippen LogP contribution in [0.4, 0.5) is 0 Å². The number of Topliss-reactive ketones (excluding diaryl/α,β-unsaturated/α-hetero) is 2. The second-order valence-corrected chi connectivity index (χ2v) is 5.36. The lowest BCUT2D eigenvalue weighted by Gasteiger charge is -2.27. The Hall–Kier alpha value is -1.57. The Morgan fingerprint density at radius 3 is 2.18 bits per heavy atom. The first kappa shape index (κ1) is 11.9. The summed E-state index contributed by atoms with van der Waals surface area (Å²) in [7, 11) is -5.07. The molecule has 90 valence electrons. The molecule has 1 aromatic rings. The second-order valence-electron chi connectivity index (χ2n) is 3.73. The zero-order valence-electron chi connectivity index (χ0n) is 8.45. The van der Waals surface area contributed by atoms with Crippen LogP contribution in [0.25, 0.3) is 0 Å². The average molecular weight is 256 g/mol. The number of aliphatic hydroxyl groups is 1. The highest BCUT2D eigenvalue weighted by molar-refractivity contribution is 7.88. The van der Waals surface area contributed by atoms with Crippen LogP contribution < -0.4 is 0 Å². The van der Waals surface area contributed by atoms with Crippen LogP contribution in [-0.2, 0) is 10.1 Å². The molecule has 0 aromatic heterocycles. The van der Waals surface area contributed by atoms with Gasteiger partial charge in [0.1, 0.15) is 0 Å². The fourth-order valence-electron chi connectivity index (χ4n) is 1.74. The van der Waals surface area contributed by atoms with E-state index in [1.807, 2.05) is 0 Å². The van der Waals surface area contributed by atoms with Gasteiger partial charge in [0, 0.05) is 11.1 Å². The first-order chi connectivity index (χ1) is 7.77. The van der Waals surface area contributed by atoms with Crippen molar-refractivity contribution in [2.24, 2.45) is 0 Å². The summed E-state index contributed by atoms with van der Waals surface area (Å²) in [5.74, 6) is -1.89. The third-order valence-corrected chi connectivity index (χ3v) is 3.84. The first-order valence-corrected chi connectivity index (χ1v) is 6.08. The molecule has 1 aliphatic rings. The maximum atomic E-state index is 11.8. The van der Waals surface area contributed by atoms with Gasteiger partial charge < -0.3 is 5.11 Å². The monoisotopic (exact) mass is 256 g/mol. The van der Waals surface area contributed by atoms with E-state index < -0.39 is 33.0 Å². The molecule has 2 N–H and O–H groups in total. The smallest absolute Gasteiger partial charge is 0.303 e. The van der Waals surface area contributed by atoms with Gasteiger partial charge in [0.15, 0.2) is 5.78 Å². The Balaban J connectivity index is 2.70. The Bertz CT molecular complexity index is 617. The summed E-state index contributed by atoms with van der Waals surface area (Å²) in [4.78, 5) is 20.3. The highest BCUT2D eigenvalue weighted by atomic mass is 32.2. The van der Waals surface area contributed by atoms with Crippen molar-refractivity contribution < 1.29 is 27.7 Å². The van der Waals surface area contributed by atoms with Crippen molar-refractivity contribution in [1.82, 2.24) is 0 Å². The molecular weight excluding hydrogens is 248 g/mol. The molecule has 0 saturated heterocycles. The molecule has 0 radical (unpaired) electrons. The molecule has 0 aliphatic heterocycles. The average Bonchev–Trinajstić information content (AvgIpc) is 2.25. The minimum Gasteiger partial charge on any atom is -0.366 e. The van der Waals surface area contributed by atoms with Crippen LogP contribution in [0.2, 0.25) is 0 Å². The summed E-state index contributed by atoms with van der Waals surface area (Å²) in [5.41, 5.74) is -0.158. The molecular formula is C10H8O6S. The van der Waals surface area contributed by atoms with E-state index in [4.69, 9.17) is 4.55 Å². The van der Waals surface area contributed by atoms with E-state index in [0.29, 0.717) is 0 Å². The molecule has 1 atom stereocenters. The number of hydrogen-bond acceptors (Lipinski definition) is 5. The van der Waals surface area contributed by atoms with Crippen LogP contribution >= 0.6 is 0 Å². The van der Waals surface area contributed by atoms with Crippen LogP contribution in [0, 0.1) is 0 Å². The largest absolute Gasteiger partial charge is 0.366 e. The highest BCUT2D eigenvalue weighted by Crippen LogP contribution is 2.31. The van der Waals surface area contributed by atoms with Gasteiger partial charge in [-0.3, -0.25) is 14.1 Å². The summed E-state index contributed by atoms with van der Waals surface area (Å²) < 4.78 is 30.9. The van der Waals surface area contributed by atoms with Crippen molar-refractivity contribution >= 4 is 21.7 Å². The molecule has 1 aromatic carbocycles. The second kappa shape index (κ2) is 3.46. The van der Waals surface area contributed by atoms with Crippen LogP contribution in [-0.4, -0.2) is 34.6 Å². The molecule has 7 heteroatoms. The van der Waals surface area contributed by atoms with E-state index in [-0.39, 0.29) is 11.1 Å². The maximum Gasteiger partial charge on any atom is 0.303 e. The minimum absolute atomic E-state index is 0.0471. The van der Waals surface area contributed by atoms with Gasteiger partial charge in [0.25, 0.3) is 4.93 Å². The number of ketones is 2. The quantitative estimate of drug-likeness (QED) is 0.686. The van der Waals surface area contributed by atoms with Crippen molar-refractivity contribution in [3.63, 3.8) is 0 Å². The molecule has 1 unspecified atom stereocenters. The van der Waals surface area contributed by atoms with Crippen LogP contribution in [0.5, 0.6) is 0 Å². The minimum atomic E-state index is -5.07. The standard InChI is InChI=1S/C10H8O6S/c11-8-5-10(13,17(14,15)16)9(12)7-4-2-1-3-6(7)8/h1-4,13H,5H2,(H,14,15,16). The van der Waals surface area contributed by atoms with E-state index in [0.717, 1.165) is 0 Å². The van der Waals surface area contributed by atoms with Crippen molar-refractivity contribution in [1.29, 1.82) is 0 Å². The summed E-state index contributed by atoms with van der Waals surface area (Å²) >= 11 is 0. The van der Waals surface area contributed by atoms with Gasteiger partial charge in [-0.25, -0.2) is 0 Å². The summed E-state index contributed by atoms with van der Waals surface area (Å²) in [6.07, 6.45) is -0.971. The maximum absolute atomic E-state index is 11.8. The fraction of sp³-hybridized carbons (Fsp3) is 0.200. The van der Waals surface area contributed by atoms with Crippen molar-refractivity contribution in [3.05, 3.63) is 35.4 Å². The van der Waals surface area contributed by atoms with Crippen molar-refractivity contribution in [3.8, 4) is 0 Å². The summed E-state index contributed by atoms with van der Waals surface area (Å²) in [6.45, 7) is 0. The molecule has 0 amide bonds. The predicted molar refractivity (Wildman–Crippen MR) is 56.2 cm³/mol. The Morgan fingerprint density at radius 1 is 1.12 bits per heavy atom. The molecule has 2 rings (SSSR count). The first-order valence-electron chi connectivity index (χ1n) is 4.64. The number of fused-ring (bicyclic) bond motifs is 1. The Labute approximate surface area is 96.6 Å². The van der Waals surface area contributed by atoms with Crippen molar-refractivity contribution in [2.45, 2.75) is 11.4 Å². The molecule has 0 saturated carbocycles. The van der Waals surface area contributed by atoms with Gasteiger partial charge >= 0.3 is 10.1 Å². The molecule has 1 aliphatic carbocycles. The molecule has 0 bridgehead atoms. The van der Waals surface area contributed by atoms with Gasteiger partial charge in [-0.15, -0.1) is 0 Å². The SMILES string of the molecule is O=C1CC(O)(S(=O)(=O)O)C(=O)c2ccccc21. The third-order valence-electron chi connectivity index (χ3n) is 2.65. The summed E-state index contributed by atoms with van der Waals surface area (Å²) in [5, 5.41) is 9.69. The van der Waals surface area contributed by atoms with E-state index in [1.165, 1.54) is 24.3 Å². The zero-order chi connectivity index (χ0) is 12.8. The number of carbonyl (C=O) groups is 2. The summed E-state index contributed by atoms with van der Waals surface area (Å²) in [6, 6.07) is 5.53. The van der Waals surface area contributed by atoms with Gasteiger partial charge in [0.05, 0.1) is 6.42 Å². The lowest BCUT2D eigenvalue weighted by molar-refractivity contribution is 0.0516. The van der Waals surface area contributed by atoms with Crippen LogP contribution in [0.1, 0.15) is 27.1 Å². The molecule has 17 heavy (non-hydrogen) atoms. The fourth-order valence-corrected chi connectivity index (χ4v) is 2.39. The number of carbonyl (C=O) groups excluding carboxylic acids is 2. The van der Waals surface area contributed by atoms with Gasteiger partial charge in [0.2, 0.25) is 5.78 Å². The molecule has 0 heterocycles. The van der Waals surface area contributed by atoms with Gasteiger partial charge in [-0.1, -0.05) is 24.3 Å². The topological polar surface area (TPSA) is 109 Å². The van der Waals surface area contributed by atoms with E-state index in [2.05, 4.69) is 0 Å². The molecule has 0 fully saturated rings.